The van der Waals surface area contributed by atoms with Crippen molar-refractivity contribution in [1.29, 1.82) is 0 Å². The largest absolute Gasteiger partial charge is 0.333 e. The Kier molecular flexibility index (Phi) is 9.78. The molecule has 2 aromatic rings. The zero-order valence-corrected chi connectivity index (χ0v) is 17.6. The van der Waals surface area contributed by atoms with E-state index in [1.807, 2.05) is 23.2 Å². The second-order valence-electron chi connectivity index (χ2n) is 6.79. The number of carbonyl (C=O) groups excluding carboxylic acids is 1. The van der Waals surface area contributed by atoms with Gasteiger partial charge in [-0.05, 0) is 35.1 Å². The number of hydrogen-bond donors (Lipinski definition) is 1. The summed E-state index contributed by atoms with van der Waals surface area (Å²) in [5.74, 6) is 0.404. The van der Waals surface area contributed by atoms with Crippen LogP contribution in [-0.2, 0) is 11.2 Å². The normalized spacial score (nSPS) is 17.4. The Bertz CT molecular complexity index is 694. The highest BCUT2D eigenvalue weighted by molar-refractivity contribution is 5.85. The highest BCUT2D eigenvalue weighted by Crippen LogP contribution is 2.26. The monoisotopic (exact) mass is 409 g/mol. The summed E-state index contributed by atoms with van der Waals surface area (Å²) < 4.78 is 0. The maximum Gasteiger partial charge on any atom is 0.223 e. The zero-order chi connectivity index (χ0) is 17.6. The van der Waals surface area contributed by atoms with Crippen molar-refractivity contribution in [1.82, 2.24) is 15.2 Å². The molecule has 1 aromatic carbocycles. The third-order valence-electron chi connectivity index (χ3n) is 5.07. The highest BCUT2D eigenvalue weighted by Gasteiger charge is 2.28. The molecule has 3 rings (SSSR count). The van der Waals surface area contributed by atoms with E-state index in [1.165, 1.54) is 11.1 Å². The van der Waals surface area contributed by atoms with Gasteiger partial charge in [0, 0.05) is 38.4 Å². The smallest absolute Gasteiger partial charge is 0.223 e. The van der Waals surface area contributed by atoms with Gasteiger partial charge in [-0.25, -0.2) is 0 Å². The van der Waals surface area contributed by atoms with Crippen molar-refractivity contribution in [3.05, 3.63) is 65.5 Å². The molecule has 0 spiro atoms. The van der Waals surface area contributed by atoms with E-state index < -0.39 is 0 Å². The number of benzene rings is 1. The minimum absolute atomic E-state index is 0. The summed E-state index contributed by atoms with van der Waals surface area (Å²) >= 11 is 0. The van der Waals surface area contributed by atoms with E-state index >= 15 is 0 Å². The van der Waals surface area contributed by atoms with Gasteiger partial charge in [-0.1, -0.05) is 44.2 Å². The molecule has 1 fully saturated rings. The van der Waals surface area contributed by atoms with Crippen LogP contribution in [0.5, 0.6) is 0 Å². The standard InChI is InChI=1S/C21H27N3O.2ClH/c1-3-17-6-8-18(9-7-17)20-15-23-11-12-24(20)21(25)13-16(2)19-5-4-10-22-14-19;;/h4-10,14,16,20,23H,3,11-13,15H2,1-2H3;2*1H. The molecule has 2 heterocycles. The fraction of sp³-hybridized carbons (Fsp3) is 0.429. The first-order valence-electron chi connectivity index (χ1n) is 9.18. The van der Waals surface area contributed by atoms with E-state index in [1.54, 1.807) is 6.20 Å². The molecule has 0 bridgehead atoms. The van der Waals surface area contributed by atoms with Crippen molar-refractivity contribution >= 4 is 30.7 Å². The summed E-state index contributed by atoms with van der Waals surface area (Å²) in [6.45, 7) is 6.70. The van der Waals surface area contributed by atoms with Crippen molar-refractivity contribution in [2.24, 2.45) is 0 Å². The van der Waals surface area contributed by atoms with E-state index in [4.69, 9.17) is 0 Å². The summed E-state index contributed by atoms with van der Waals surface area (Å²) in [5.41, 5.74) is 3.66. The Morgan fingerprint density at radius 3 is 2.63 bits per heavy atom. The van der Waals surface area contributed by atoms with Crippen LogP contribution in [0.3, 0.4) is 0 Å². The van der Waals surface area contributed by atoms with Crippen molar-refractivity contribution in [3.8, 4) is 0 Å². The minimum Gasteiger partial charge on any atom is -0.333 e. The van der Waals surface area contributed by atoms with Gasteiger partial charge in [0.05, 0.1) is 6.04 Å². The Morgan fingerprint density at radius 2 is 2.00 bits per heavy atom. The molecular weight excluding hydrogens is 381 g/mol. The van der Waals surface area contributed by atoms with Gasteiger partial charge in [-0.2, -0.15) is 0 Å². The lowest BCUT2D eigenvalue weighted by Gasteiger charge is -2.37. The van der Waals surface area contributed by atoms with E-state index in [-0.39, 0.29) is 42.7 Å². The molecule has 2 unspecified atom stereocenters. The SMILES string of the molecule is CCc1ccc(C2CNCCN2C(=O)CC(C)c2cccnc2)cc1.Cl.Cl. The van der Waals surface area contributed by atoms with E-state index in [0.29, 0.717) is 6.42 Å². The number of hydrogen-bond acceptors (Lipinski definition) is 3. The number of rotatable bonds is 5. The Morgan fingerprint density at radius 1 is 1.26 bits per heavy atom. The van der Waals surface area contributed by atoms with Crippen LogP contribution in [0.15, 0.2) is 48.8 Å². The maximum absolute atomic E-state index is 13.0. The third-order valence-corrected chi connectivity index (χ3v) is 5.07. The van der Waals surface area contributed by atoms with Crippen molar-refractivity contribution < 1.29 is 4.79 Å². The maximum atomic E-state index is 13.0. The van der Waals surface area contributed by atoms with Crippen LogP contribution in [0.1, 0.15) is 48.9 Å². The number of aryl methyl sites for hydroxylation is 1. The van der Waals surface area contributed by atoms with Crippen LogP contribution in [0.2, 0.25) is 0 Å². The molecule has 1 amide bonds. The topological polar surface area (TPSA) is 45.2 Å². The number of pyridine rings is 1. The second-order valence-corrected chi connectivity index (χ2v) is 6.79. The van der Waals surface area contributed by atoms with Gasteiger partial charge in [0.15, 0.2) is 0 Å². The second kappa shape index (κ2) is 11.3. The summed E-state index contributed by atoms with van der Waals surface area (Å²) in [6, 6.07) is 12.8. The molecule has 6 heteroatoms. The van der Waals surface area contributed by atoms with Crippen LogP contribution < -0.4 is 5.32 Å². The molecule has 1 aliphatic heterocycles. The quantitative estimate of drug-likeness (QED) is 0.806. The molecule has 1 aliphatic rings. The summed E-state index contributed by atoms with van der Waals surface area (Å²) in [6.07, 6.45) is 5.19. The Balaban J connectivity index is 0.00000182. The van der Waals surface area contributed by atoms with Gasteiger partial charge in [-0.15, -0.1) is 24.8 Å². The van der Waals surface area contributed by atoms with E-state index in [2.05, 4.69) is 48.4 Å². The van der Waals surface area contributed by atoms with E-state index in [0.717, 1.165) is 31.6 Å². The first-order chi connectivity index (χ1) is 12.2. The molecule has 4 nitrogen and oxygen atoms in total. The van der Waals surface area contributed by atoms with Gasteiger partial charge in [-0.3, -0.25) is 9.78 Å². The lowest BCUT2D eigenvalue weighted by Crippen LogP contribution is -2.48. The van der Waals surface area contributed by atoms with Crippen molar-refractivity contribution in [3.63, 3.8) is 0 Å². The average molecular weight is 410 g/mol. The average Bonchev–Trinajstić information content (AvgIpc) is 2.68. The summed E-state index contributed by atoms with van der Waals surface area (Å²) in [5, 5.41) is 3.43. The van der Waals surface area contributed by atoms with Gasteiger partial charge in [0.25, 0.3) is 0 Å². The fourth-order valence-corrected chi connectivity index (χ4v) is 3.44. The molecule has 1 N–H and O–H groups in total. The molecule has 0 saturated carbocycles. The number of aromatic nitrogens is 1. The molecule has 27 heavy (non-hydrogen) atoms. The Hall–Kier alpha value is -1.62. The van der Waals surface area contributed by atoms with Crippen LogP contribution in [0.25, 0.3) is 0 Å². The Labute approximate surface area is 174 Å². The van der Waals surface area contributed by atoms with Crippen LogP contribution in [0, 0.1) is 0 Å². The molecule has 2 atom stereocenters. The van der Waals surface area contributed by atoms with Gasteiger partial charge in [0.2, 0.25) is 5.91 Å². The number of piperazine rings is 1. The van der Waals surface area contributed by atoms with Crippen LogP contribution >= 0.6 is 24.8 Å². The van der Waals surface area contributed by atoms with Crippen LogP contribution in [-0.4, -0.2) is 35.4 Å². The predicted octanol–water partition coefficient (Wildman–Crippen LogP) is 4.15. The van der Waals surface area contributed by atoms with Gasteiger partial charge < -0.3 is 10.2 Å². The van der Waals surface area contributed by atoms with Crippen molar-refractivity contribution in [2.45, 2.75) is 38.6 Å². The molecule has 0 aliphatic carbocycles. The number of nitrogens with zero attached hydrogens (tertiary/aromatic N) is 2. The first kappa shape index (κ1) is 23.4. The van der Waals surface area contributed by atoms with Crippen LogP contribution in [0.4, 0.5) is 0 Å². The summed E-state index contributed by atoms with van der Waals surface area (Å²) in [7, 11) is 0. The number of carbonyl (C=O) groups is 1. The molecule has 1 saturated heterocycles. The van der Waals surface area contributed by atoms with Gasteiger partial charge in [0.1, 0.15) is 0 Å². The number of nitrogens with one attached hydrogen (secondary N) is 1. The predicted molar refractivity (Wildman–Crippen MR) is 115 cm³/mol. The molecule has 0 radical (unpaired) electrons. The van der Waals surface area contributed by atoms with Crippen molar-refractivity contribution in [2.75, 3.05) is 19.6 Å². The number of halogens is 2. The third kappa shape index (κ3) is 5.93. The zero-order valence-electron chi connectivity index (χ0n) is 15.9. The summed E-state index contributed by atoms with van der Waals surface area (Å²) in [4.78, 5) is 19.2. The lowest BCUT2D eigenvalue weighted by molar-refractivity contribution is -0.134. The fourth-order valence-electron chi connectivity index (χ4n) is 3.44. The molecule has 148 valence electrons. The minimum atomic E-state index is 0. The molecular formula is C21H29Cl2N3O. The highest BCUT2D eigenvalue weighted by atomic mass is 35.5. The first-order valence-corrected chi connectivity index (χ1v) is 9.18. The molecule has 1 aromatic heterocycles. The number of amides is 1. The van der Waals surface area contributed by atoms with E-state index in [9.17, 15) is 4.79 Å². The van der Waals surface area contributed by atoms with Gasteiger partial charge >= 0.3 is 0 Å². The lowest BCUT2D eigenvalue weighted by atomic mass is 9.96.